The zero-order chi connectivity index (χ0) is 13.8. The Kier molecular flexibility index (Phi) is 6.05. The van der Waals surface area contributed by atoms with Gasteiger partial charge in [-0.3, -0.25) is 0 Å². The molecule has 2 heterocycles. The smallest absolute Gasteiger partial charge is 0.109 e. The molecule has 0 saturated carbocycles. The van der Waals surface area contributed by atoms with Crippen molar-refractivity contribution in [2.24, 2.45) is 0 Å². The number of hydrogen-bond acceptors (Lipinski definition) is 6. The third kappa shape index (κ3) is 4.37. The summed E-state index contributed by atoms with van der Waals surface area (Å²) < 4.78 is 16.1. The van der Waals surface area contributed by atoms with Crippen LogP contribution in [-0.4, -0.2) is 80.6 Å². The highest BCUT2D eigenvalue weighted by Gasteiger charge is 2.33. The van der Waals surface area contributed by atoms with Gasteiger partial charge in [0.25, 0.3) is 0 Å². The van der Waals surface area contributed by atoms with Gasteiger partial charge in [0.2, 0.25) is 0 Å². The van der Waals surface area contributed by atoms with E-state index in [1.54, 1.807) is 11.8 Å². The minimum absolute atomic E-state index is 0.0370. The Balaban J connectivity index is 1.61. The minimum Gasteiger partial charge on any atom is -0.394 e. The maximum Gasteiger partial charge on any atom is 0.109 e. The zero-order valence-corrected chi connectivity index (χ0v) is 11.5. The van der Waals surface area contributed by atoms with E-state index in [-0.39, 0.29) is 30.1 Å². The van der Waals surface area contributed by atoms with Crippen molar-refractivity contribution in [3.05, 3.63) is 0 Å². The van der Waals surface area contributed by atoms with Gasteiger partial charge >= 0.3 is 0 Å². The number of rotatable bonds is 6. The molecular formula is C11H18B2O5S. The zero-order valence-electron chi connectivity index (χ0n) is 10.7. The monoisotopic (exact) mass is 284 g/mol. The van der Waals surface area contributed by atoms with E-state index in [1.165, 1.54) is 0 Å². The molecule has 19 heavy (non-hydrogen) atoms. The molecule has 0 amide bonds. The number of thioether (sulfide) groups is 1. The Bertz CT molecular complexity index is 286. The Morgan fingerprint density at radius 3 is 2.47 bits per heavy atom. The van der Waals surface area contributed by atoms with E-state index in [9.17, 15) is 5.11 Å². The summed E-state index contributed by atoms with van der Waals surface area (Å²) in [6.07, 6.45) is -0.00346. The highest BCUT2D eigenvalue weighted by molar-refractivity contribution is 7.99. The first kappa shape index (κ1) is 15.7. The molecule has 0 unspecified atom stereocenters. The van der Waals surface area contributed by atoms with Gasteiger partial charge in [-0.1, -0.05) is 0 Å². The van der Waals surface area contributed by atoms with Crippen LogP contribution in [0.4, 0.5) is 0 Å². The van der Waals surface area contributed by atoms with Crippen LogP contribution in [0, 0.1) is 0 Å². The van der Waals surface area contributed by atoms with Gasteiger partial charge in [0.1, 0.15) is 21.8 Å². The lowest BCUT2D eigenvalue weighted by atomic mass is 9.96. The van der Waals surface area contributed by atoms with E-state index in [1.807, 2.05) is 0 Å². The summed E-state index contributed by atoms with van der Waals surface area (Å²) in [5.41, 5.74) is 0. The van der Waals surface area contributed by atoms with E-state index >= 15 is 0 Å². The second-order valence-electron chi connectivity index (χ2n) is 4.84. The molecule has 0 bridgehead atoms. The minimum atomic E-state index is -0.562. The van der Waals surface area contributed by atoms with Crippen molar-refractivity contribution in [3.8, 4) is 0 Å². The Labute approximate surface area is 120 Å². The first-order chi connectivity index (χ1) is 9.10. The Morgan fingerprint density at radius 1 is 1.16 bits per heavy atom. The summed E-state index contributed by atoms with van der Waals surface area (Å²) in [6.45, 7) is 0.274. The highest BCUT2D eigenvalue weighted by atomic mass is 32.2. The molecule has 2 fully saturated rings. The van der Waals surface area contributed by atoms with E-state index in [0.29, 0.717) is 25.4 Å². The van der Waals surface area contributed by atoms with Crippen molar-refractivity contribution in [3.63, 3.8) is 0 Å². The average molecular weight is 284 g/mol. The summed E-state index contributed by atoms with van der Waals surface area (Å²) in [5, 5.41) is 18.9. The van der Waals surface area contributed by atoms with Gasteiger partial charge in [0, 0.05) is 17.3 Å². The van der Waals surface area contributed by atoms with Gasteiger partial charge in [-0.2, -0.15) is 0 Å². The predicted molar refractivity (Wildman–Crippen MR) is 73.4 cm³/mol. The molecule has 0 aliphatic carbocycles. The van der Waals surface area contributed by atoms with E-state index in [4.69, 9.17) is 35.0 Å². The third-order valence-electron chi connectivity index (χ3n) is 3.31. The standard InChI is InChI=1S/C11H18B2O5S/c12-10-1-6(15)8(18-10)4-16-5-19-9-2-11(13)17-7(9)3-14/h6-11,14-15H,1-5H2/t6-,7-,8-,9-,10-,11-/m1/s1. The number of aliphatic hydroxyl groups is 2. The molecule has 2 N–H and O–H groups in total. The van der Waals surface area contributed by atoms with Crippen LogP contribution in [0.1, 0.15) is 12.8 Å². The van der Waals surface area contributed by atoms with Crippen molar-refractivity contribution in [2.75, 3.05) is 19.2 Å². The highest BCUT2D eigenvalue weighted by Crippen LogP contribution is 2.29. The predicted octanol–water partition coefficient (Wildman–Crippen LogP) is -1.02. The molecule has 0 aromatic heterocycles. The van der Waals surface area contributed by atoms with Crippen molar-refractivity contribution >= 4 is 27.5 Å². The molecule has 2 aliphatic rings. The molecule has 8 heteroatoms. The lowest BCUT2D eigenvalue weighted by molar-refractivity contribution is -0.0206. The summed E-state index contributed by atoms with van der Waals surface area (Å²) in [5.74, 6) is 0.444. The fourth-order valence-electron chi connectivity index (χ4n) is 2.30. The molecule has 104 valence electrons. The first-order valence-electron chi connectivity index (χ1n) is 6.40. The first-order valence-corrected chi connectivity index (χ1v) is 7.45. The van der Waals surface area contributed by atoms with Crippen LogP contribution < -0.4 is 0 Å². The van der Waals surface area contributed by atoms with Gasteiger partial charge in [-0.25, -0.2) is 0 Å². The molecule has 4 radical (unpaired) electrons. The van der Waals surface area contributed by atoms with Gasteiger partial charge in [0.15, 0.2) is 0 Å². The molecule has 2 aliphatic heterocycles. The molecule has 2 saturated heterocycles. The van der Waals surface area contributed by atoms with Crippen LogP contribution in [0.5, 0.6) is 0 Å². The Morgan fingerprint density at radius 2 is 1.84 bits per heavy atom. The molecule has 0 spiro atoms. The second kappa shape index (κ2) is 7.33. The number of aliphatic hydroxyl groups excluding tert-OH is 2. The summed E-state index contributed by atoms with van der Waals surface area (Å²) in [6, 6.07) is -0.719. The van der Waals surface area contributed by atoms with Crippen molar-refractivity contribution < 1.29 is 24.4 Å². The molecule has 0 aromatic carbocycles. The molecular weight excluding hydrogens is 266 g/mol. The third-order valence-corrected chi connectivity index (χ3v) is 4.54. The maximum absolute atomic E-state index is 9.62. The normalized spacial score (nSPS) is 42.8. The lowest BCUT2D eigenvalue weighted by Gasteiger charge is -2.17. The van der Waals surface area contributed by atoms with Gasteiger partial charge < -0.3 is 24.4 Å². The second-order valence-corrected chi connectivity index (χ2v) is 6.02. The van der Waals surface area contributed by atoms with Crippen LogP contribution in [0.2, 0.25) is 0 Å². The molecule has 0 aromatic rings. The summed E-state index contributed by atoms with van der Waals surface area (Å²) in [7, 11) is 11.2. The van der Waals surface area contributed by atoms with Crippen molar-refractivity contribution in [2.45, 2.75) is 48.4 Å². The van der Waals surface area contributed by atoms with Crippen LogP contribution in [0.25, 0.3) is 0 Å². The van der Waals surface area contributed by atoms with Crippen LogP contribution >= 0.6 is 11.8 Å². The largest absolute Gasteiger partial charge is 0.394 e. The molecule has 2 rings (SSSR count). The van der Waals surface area contributed by atoms with E-state index < -0.39 is 12.1 Å². The van der Waals surface area contributed by atoms with Crippen molar-refractivity contribution in [1.29, 1.82) is 0 Å². The maximum atomic E-state index is 9.62. The van der Waals surface area contributed by atoms with Crippen LogP contribution in [0.3, 0.4) is 0 Å². The summed E-state index contributed by atoms with van der Waals surface area (Å²) in [4.78, 5) is 0. The fraction of sp³-hybridized carbons (Fsp3) is 1.00. The fourth-order valence-corrected chi connectivity index (χ4v) is 3.35. The Hall–Kier alpha value is 0.280. The van der Waals surface area contributed by atoms with Crippen LogP contribution in [0.15, 0.2) is 0 Å². The summed E-state index contributed by atoms with van der Waals surface area (Å²) >= 11 is 1.55. The van der Waals surface area contributed by atoms with Gasteiger partial charge in [0.05, 0.1) is 31.4 Å². The SMILES string of the molecule is [B][C@H]1C[C@@H](O)[C@@H](COCS[C@@H]2C[C@H]([B])O[C@@H]2CO)O1. The average Bonchev–Trinajstić information content (AvgIpc) is 2.87. The van der Waals surface area contributed by atoms with E-state index in [2.05, 4.69) is 0 Å². The van der Waals surface area contributed by atoms with Gasteiger partial charge in [-0.05, 0) is 12.8 Å². The molecule has 5 nitrogen and oxygen atoms in total. The van der Waals surface area contributed by atoms with Gasteiger partial charge in [-0.15, -0.1) is 11.8 Å². The van der Waals surface area contributed by atoms with Crippen LogP contribution in [-0.2, 0) is 14.2 Å². The quantitative estimate of drug-likeness (QED) is 0.370. The molecule has 6 atom stereocenters. The number of ether oxygens (including phenoxy) is 3. The van der Waals surface area contributed by atoms with E-state index in [0.717, 1.165) is 0 Å². The lowest BCUT2D eigenvalue weighted by Crippen LogP contribution is -2.27. The van der Waals surface area contributed by atoms with Crippen molar-refractivity contribution in [1.82, 2.24) is 0 Å². The number of hydrogen-bond donors (Lipinski definition) is 2. The topological polar surface area (TPSA) is 68.2 Å².